The van der Waals surface area contributed by atoms with Crippen LogP contribution in [0.15, 0.2) is 0 Å². The van der Waals surface area contributed by atoms with E-state index in [1.54, 1.807) is 0 Å². The van der Waals surface area contributed by atoms with Crippen LogP contribution in [0.2, 0.25) is 0 Å². The molecule has 0 amide bonds. The molecule has 25 heavy (non-hydrogen) atoms. The van der Waals surface area contributed by atoms with Gasteiger partial charge in [-0.1, -0.05) is 41.0 Å². The molecule has 0 spiro atoms. The van der Waals surface area contributed by atoms with Crippen molar-refractivity contribution < 1.29 is 4.79 Å². The van der Waals surface area contributed by atoms with Gasteiger partial charge in [-0.2, -0.15) is 0 Å². The van der Waals surface area contributed by atoms with E-state index >= 15 is 0 Å². The molecule has 4 saturated carbocycles. The second-order valence-corrected chi connectivity index (χ2v) is 11.1. The van der Waals surface area contributed by atoms with Crippen LogP contribution in [0.1, 0.15) is 92.4 Å². The third-order valence-corrected chi connectivity index (χ3v) is 10.2. The minimum atomic E-state index is 0.459. The number of carbonyl (C=O) groups excluding carboxylic acids is 1. The summed E-state index contributed by atoms with van der Waals surface area (Å²) in [5.41, 5.74) is 1.05. The van der Waals surface area contributed by atoms with Crippen LogP contribution < -0.4 is 0 Å². The zero-order valence-corrected chi connectivity index (χ0v) is 17.3. The Morgan fingerprint density at radius 3 is 2.52 bits per heavy atom. The van der Waals surface area contributed by atoms with E-state index in [-0.39, 0.29) is 0 Å². The lowest BCUT2D eigenvalue weighted by atomic mass is 9.42. The second kappa shape index (κ2) is 6.10. The molecule has 0 aromatic carbocycles. The monoisotopic (exact) mass is 344 g/mol. The van der Waals surface area contributed by atoms with Crippen molar-refractivity contribution in [1.82, 2.24) is 0 Å². The SMILES string of the molecule is CCC(C)C1CCC2C3C(CC[C@]12C)[C@@]1(C)CCC(=O)C[C@@H]1C[C@H]3C. The van der Waals surface area contributed by atoms with Crippen molar-refractivity contribution in [2.45, 2.75) is 92.4 Å². The molecule has 4 aliphatic carbocycles. The second-order valence-electron chi connectivity index (χ2n) is 11.1. The van der Waals surface area contributed by atoms with Crippen LogP contribution in [-0.2, 0) is 4.79 Å². The molecule has 1 nitrogen and oxygen atoms in total. The Morgan fingerprint density at radius 2 is 1.80 bits per heavy atom. The topological polar surface area (TPSA) is 17.1 Å². The van der Waals surface area contributed by atoms with E-state index in [4.69, 9.17) is 0 Å². The van der Waals surface area contributed by atoms with Gasteiger partial charge < -0.3 is 0 Å². The zero-order chi connectivity index (χ0) is 18.0. The van der Waals surface area contributed by atoms with Crippen LogP contribution in [0, 0.1) is 52.3 Å². The average molecular weight is 345 g/mol. The predicted octanol–water partition coefficient (Wildman–Crippen LogP) is 6.51. The average Bonchev–Trinajstić information content (AvgIpc) is 2.93. The van der Waals surface area contributed by atoms with Crippen molar-refractivity contribution in [1.29, 1.82) is 0 Å². The molecule has 1 heteroatoms. The van der Waals surface area contributed by atoms with Gasteiger partial charge in [0.05, 0.1) is 0 Å². The molecule has 9 atom stereocenters. The lowest BCUT2D eigenvalue weighted by molar-refractivity contribution is -0.150. The molecular weight excluding hydrogens is 304 g/mol. The van der Waals surface area contributed by atoms with Gasteiger partial charge >= 0.3 is 0 Å². The lowest BCUT2D eigenvalue weighted by Gasteiger charge is -2.62. The van der Waals surface area contributed by atoms with E-state index in [0.29, 0.717) is 22.5 Å². The summed E-state index contributed by atoms with van der Waals surface area (Å²) in [6.45, 7) is 12.7. The van der Waals surface area contributed by atoms with Crippen LogP contribution in [0.3, 0.4) is 0 Å². The molecule has 5 unspecified atom stereocenters. The largest absolute Gasteiger partial charge is 0.300 e. The van der Waals surface area contributed by atoms with Crippen molar-refractivity contribution in [3.05, 3.63) is 0 Å². The Morgan fingerprint density at radius 1 is 1.08 bits per heavy atom. The van der Waals surface area contributed by atoms with Gasteiger partial charge in [-0.15, -0.1) is 0 Å². The summed E-state index contributed by atoms with van der Waals surface area (Å²) in [7, 11) is 0. The summed E-state index contributed by atoms with van der Waals surface area (Å²) in [5, 5.41) is 0. The molecule has 0 aliphatic heterocycles. The summed E-state index contributed by atoms with van der Waals surface area (Å²) in [5.74, 6) is 6.68. The van der Waals surface area contributed by atoms with Gasteiger partial charge in [0.25, 0.3) is 0 Å². The maximum absolute atomic E-state index is 12.1. The van der Waals surface area contributed by atoms with E-state index in [0.717, 1.165) is 48.3 Å². The van der Waals surface area contributed by atoms with Crippen LogP contribution in [0.4, 0.5) is 0 Å². The number of ketones is 1. The molecule has 4 aliphatic rings. The maximum Gasteiger partial charge on any atom is 0.133 e. The number of hydrogen-bond donors (Lipinski definition) is 0. The fraction of sp³-hybridized carbons (Fsp3) is 0.958. The summed E-state index contributed by atoms with van der Waals surface area (Å²) < 4.78 is 0. The first-order valence-corrected chi connectivity index (χ1v) is 11.3. The van der Waals surface area contributed by atoms with Crippen molar-refractivity contribution in [3.63, 3.8) is 0 Å². The molecule has 4 rings (SSSR count). The molecule has 0 aromatic heterocycles. The maximum atomic E-state index is 12.1. The van der Waals surface area contributed by atoms with E-state index in [1.807, 2.05) is 0 Å². The van der Waals surface area contributed by atoms with Gasteiger partial charge in [-0.05, 0) is 90.8 Å². The molecule has 142 valence electrons. The van der Waals surface area contributed by atoms with Crippen LogP contribution in [0.25, 0.3) is 0 Å². The first-order chi connectivity index (χ1) is 11.8. The molecule has 0 heterocycles. The van der Waals surface area contributed by atoms with Crippen molar-refractivity contribution in [3.8, 4) is 0 Å². The summed E-state index contributed by atoms with van der Waals surface area (Å²) in [4.78, 5) is 12.1. The number of Topliss-reactive ketones (excluding diaryl/α,β-unsaturated/α-hetero) is 1. The Bertz CT molecular complexity index is 538. The van der Waals surface area contributed by atoms with Crippen LogP contribution in [-0.4, -0.2) is 5.78 Å². The molecule has 0 aromatic rings. The normalized spacial score (nSPS) is 53.7. The fourth-order valence-corrected chi connectivity index (χ4v) is 8.69. The van der Waals surface area contributed by atoms with Gasteiger partial charge in [0, 0.05) is 12.8 Å². The number of fused-ring (bicyclic) bond motifs is 5. The minimum Gasteiger partial charge on any atom is -0.300 e. The Balaban J connectivity index is 1.64. The summed E-state index contributed by atoms with van der Waals surface area (Å²) in [6, 6.07) is 0. The Hall–Kier alpha value is -0.330. The molecule has 0 bridgehead atoms. The number of carbonyl (C=O) groups is 1. The highest BCUT2D eigenvalue weighted by Gasteiger charge is 2.62. The molecule has 4 fully saturated rings. The molecule has 0 radical (unpaired) electrons. The first kappa shape index (κ1) is 18.1. The number of rotatable bonds is 2. The standard InChI is InChI=1S/C24H40O/c1-6-15(2)19-7-8-20-22-16(3)13-17-14-18(25)9-11-23(17,4)21(22)10-12-24(19,20)5/h15-17,19-22H,6-14H2,1-5H3/t15?,16-,17+,19?,20?,21?,22?,23+,24-/m1/s1. The van der Waals surface area contributed by atoms with E-state index in [1.165, 1.54) is 44.9 Å². The fourth-order valence-electron chi connectivity index (χ4n) is 8.69. The third kappa shape index (κ3) is 2.50. The zero-order valence-electron chi connectivity index (χ0n) is 17.3. The summed E-state index contributed by atoms with van der Waals surface area (Å²) in [6.07, 6.45) is 11.5. The van der Waals surface area contributed by atoms with Crippen LogP contribution in [0.5, 0.6) is 0 Å². The van der Waals surface area contributed by atoms with Gasteiger partial charge in [-0.25, -0.2) is 0 Å². The van der Waals surface area contributed by atoms with Gasteiger partial charge in [-0.3, -0.25) is 4.79 Å². The molecule has 0 N–H and O–H groups in total. The highest BCUT2D eigenvalue weighted by molar-refractivity contribution is 5.79. The van der Waals surface area contributed by atoms with Crippen LogP contribution >= 0.6 is 0 Å². The van der Waals surface area contributed by atoms with Gasteiger partial charge in [0.2, 0.25) is 0 Å². The predicted molar refractivity (Wildman–Crippen MR) is 104 cm³/mol. The number of hydrogen-bond acceptors (Lipinski definition) is 1. The Labute approximate surface area is 155 Å². The van der Waals surface area contributed by atoms with E-state index in [2.05, 4.69) is 34.6 Å². The molecule has 0 saturated heterocycles. The first-order valence-electron chi connectivity index (χ1n) is 11.3. The van der Waals surface area contributed by atoms with Crippen molar-refractivity contribution in [2.75, 3.05) is 0 Å². The van der Waals surface area contributed by atoms with E-state index < -0.39 is 0 Å². The van der Waals surface area contributed by atoms with Gasteiger partial charge in [0.15, 0.2) is 0 Å². The highest BCUT2D eigenvalue weighted by atomic mass is 16.1. The molecular formula is C24H40O. The Kier molecular flexibility index (Phi) is 4.40. The van der Waals surface area contributed by atoms with Crippen molar-refractivity contribution >= 4 is 5.78 Å². The lowest BCUT2D eigenvalue weighted by Crippen LogP contribution is -2.56. The van der Waals surface area contributed by atoms with Gasteiger partial charge in [0.1, 0.15) is 5.78 Å². The third-order valence-electron chi connectivity index (χ3n) is 10.2. The summed E-state index contributed by atoms with van der Waals surface area (Å²) >= 11 is 0. The van der Waals surface area contributed by atoms with E-state index in [9.17, 15) is 4.79 Å². The quantitative estimate of drug-likeness (QED) is 0.558. The van der Waals surface area contributed by atoms with Crippen molar-refractivity contribution in [2.24, 2.45) is 52.3 Å². The highest BCUT2D eigenvalue weighted by Crippen LogP contribution is 2.69. The smallest absolute Gasteiger partial charge is 0.133 e. The minimum absolute atomic E-state index is 0.459.